The summed E-state index contributed by atoms with van der Waals surface area (Å²) in [7, 11) is 0. The van der Waals surface area contributed by atoms with E-state index < -0.39 is 0 Å². The Bertz CT molecular complexity index is 407. The van der Waals surface area contributed by atoms with Crippen LogP contribution >= 0.6 is 0 Å². The van der Waals surface area contributed by atoms with Gasteiger partial charge in [-0.15, -0.1) is 10.2 Å². The Balaban J connectivity index is 0.000000160. The van der Waals surface area contributed by atoms with Crippen molar-refractivity contribution in [1.82, 2.24) is 0 Å². The maximum absolute atomic E-state index is 12.0. The molecule has 7 N–H and O–H groups in total. The van der Waals surface area contributed by atoms with Gasteiger partial charge in [0.15, 0.2) is 11.7 Å². The average molecular weight is 222 g/mol. The third-order valence-corrected chi connectivity index (χ3v) is 1.65. The van der Waals surface area contributed by atoms with E-state index in [2.05, 4.69) is 10.2 Å². The lowest BCUT2D eigenvalue weighted by atomic mass is 10.3. The molecule has 1 aromatic carbocycles. The van der Waals surface area contributed by atoms with Gasteiger partial charge in [-0.2, -0.15) is 0 Å². The van der Waals surface area contributed by atoms with Gasteiger partial charge in [-0.25, -0.2) is 4.39 Å². The largest absolute Gasteiger partial charge is 0.399 e. The lowest BCUT2D eigenvalue weighted by Gasteiger charge is -1.87. The van der Waals surface area contributed by atoms with Crippen molar-refractivity contribution in [2.45, 2.75) is 0 Å². The maximum atomic E-state index is 12.0. The van der Waals surface area contributed by atoms with Crippen molar-refractivity contribution in [3.63, 3.8) is 0 Å². The third kappa shape index (κ3) is 3.05. The van der Waals surface area contributed by atoms with Crippen molar-refractivity contribution < 1.29 is 4.39 Å². The van der Waals surface area contributed by atoms with Gasteiger partial charge in [-0.3, -0.25) is 5.41 Å². The first kappa shape index (κ1) is 11.6. The Morgan fingerprint density at radius 2 is 1.38 bits per heavy atom. The predicted molar refractivity (Wildman–Crippen MR) is 61.8 cm³/mol. The summed E-state index contributed by atoms with van der Waals surface area (Å²) in [5, 5.41) is 13.6. The van der Waals surface area contributed by atoms with Crippen LogP contribution < -0.4 is 17.2 Å². The molecule has 0 aromatic heterocycles. The van der Waals surface area contributed by atoms with E-state index in [-0.39, 0.29) is 23.2 Å². The standard InChI is InChI=1S/C6H6FN.C3H5N5/c7-5-1-3-6(8)4-2-5;4-1-2(5)7-8-3(1)6/h1-4H,8H2;(H5,4,5,6,7,8). The summed E-state index contributed by atoms with van der Waals surface area (Å²) in [6.45, 7) is 0. The molecule has 0 aliphatic carbocycles. The number of nitrogens with two attached hydrogens (primary N) is 3. The fourth-order valence-electron chi connectivity index (χ4n) is 0.802. The minimum Gasteiger partial charge on any atom is -0.399 e. The fourth-order valence-corrected chi connectivity index (χ4v) is 0.802. The molecule has 1 aromatic rings. The first-order valence-corrected chi connectivity index (χ1v) is 4.27. The average Bonchev–Trinajstić information content (AvgIpc) is 2.55. The Morgan fingerprint density at radius 3 is 1.62 bits per heavy atom. The second kappa shape index (κ2) is 4.87. The van der Waals surface area contributed by atoms with Crippen LogP contribution in [0.15, 0.2) is 34.5 Å². The van der Waals surface area contributed by atoms with Gasteiger partial charge in [0, 0.05) is 5.69 Å². The number of nitrogens with zero attached hydrogens (tertiary/aromatic N) is 2. The number of halogens is 1. The number of benzene rings is 1. The second-order valence-electron chi connectivity index (χ2n) is 2.90. The molecule has 0 unspecified atom stereocenters. The molecule has 2 rings (SSSR count). The van der Waals surface area contributed by atoms with E-state index in [4.69, 9.17) is 22.6 Å². The number of hydrogen-bond donors (Lipinski definition) is 4. The predicted octanol–water partition coefficient (Wildman–Crippen LogP) is 0.0571. The molecule has 84 valence electrons. The summed E-state index contributed by atoms with van der Waals surface area (Å²) < 4.78 is 12.0. The van der Waals surface area contributed by atoms with Crippen LogP contribution in [-0.4, -0.2) is 17.4 Å². The van der Waals surface area contributed by atoms with E-state index >= 15 is 0 Å². The van der Waals surface area contributed by atoms with Gasteiger partial charge in [0.25, 0.3) is 0 Å². The highest BCUT2D eigenvalue weighted by Crippen LogP contribution is 2.01. The van der Waals surface area contributed by atoms with E-state index in [9.17, 15) is 4.39 Å². The van der Waals surface area contributed by atoms with Gasteiger partial charge in [-0.1, -0.05) is 0 Å². The second-order valence-corrected chi connectivity index (χ2v) is 2.90. The molecule has 1 heterocycles. The van der Waals surface area contributed by atoms with Crippen LogP contribution in [0.5, 0.6) is 0 Å². The molecule has 0 atom stereocenters. The Morgan fingerprint density at radius 1 is 0.938 bits per heavy atom. The molecule has 0 fully saturated rings. The molecular formula is C9H11FN6. The smallest absolute Gasteiger partial charge is 0.175 e. The Labute approximate surface area is 91.2 Å². The minimum atomic E-state index is -0.251. The first-order chi connectivity index (χ1) is 7.50. The van der Waals surface area contributed by atoms with Crippen LogP contribution in [0.4, 0.5) is 10.1 Å². The van der Waals surface area contributed by atoms with Crippen LogP contribution in [-0.2, 0) is 0 Å². The van der Waals surface area contributed by atoms with E-state index in [1.165, 1.54) is 24.3 Å². The Kier molecular flexibility index (Phi) is 3.54. The van der Waals surface area contributed by atoms with Crippen LogP contribution in [0.1, 0.15) is 0 Å². The topological polar surface area (TPSA) is 127 Å². The van der Waals surface area contributed by atoms with Gasteiger partial charge < -0.3 is 17.2 Å². The highest BCUT2D eigenvalue weighted by Gasteiger charge is 2.12. The van der Waals surface area contributed by atoms with Crippen molar-refractivity contribution in [2.75, 3.05) is 5.73 Å². The highest BCUT2D eigenvalue weighted by molar-refractivity contribution is 6.67. The van der Waals surface area contributed by atoms with E-state index in [1.807, 2.05) is 0 Å². The summed E-state index contributed by atoms with van der Waals surface area (Å²) in [4.78, 5) is 0. The molecule has 0 amide bonds. The molecule has 0 bridgehead atoms. The van der Waals surface area contributed by atoms with Crippen molar-refractivity contribution >= 4 is 23.1 Å². The quantitative estimate of drug-likeness (QED) is 0.463. The van der Waals surface area contributed by atoms with Crippen LogP contribution in [0, 0.1) is 11.2 Å². The lowest BCUT2D eigenvalue weighted by Crippen LogP contribution is -2.30. The number of nitrogen functional groups attached to an aromatic ring is 1. The summed E-state index contributed by atoms with van der Waals surface area (Å²) >= 11 is 0. The van der Waals surface area contributed by atoms with E-state index in [0.29, 0.717) is 5.69 Å². The van der Waals surface area contributed by atoms with Gasteiger partial charge in [0.2, 0.25) is 0 Å². The molecule has 0 radical (unpaired) electrons. The molecule has 0 saturated carbocycles. The number of rotatable bonds is 0. The number of anilines is 1. The summed E-state index contributed by atoms with van der Waals surface area (Å²) in [5.41, 5.74) is 16.1. The molecule has 1 aliphatic heterocycles. The van der Waals surface area contributed by atoms with Crippen LogP contribution in [0.25, 0.3) is 0 Å². The van der Waals surface area contributed by atoms with Crippen molar-refractivity contribution in [3.05, 3.63) is 30.1 Å². The first-order valence-electron chi connectivity index (χ1n) is 4.27. The lowest BCUT2D eigenvalue weighted by molar-refractivity contribution is 0.628. The SMILES string of the molecule is N=C1C(N)=NN=C1N.Nc1ccc(F)cc1. The molecular weight excluding hydrogens is 211 g/mol. The Hall–Kier alpha value is -2.44. The van der Waals surface area contributed by atoms with Gasteiger partial charge in [0.05, 0.1) is 0 Å². The monoisotopic (exact) mass is 222 g/mol. The maximum Gasteiger partial charge on any atom is 0.175 e. The van der Waals surface area contributed by atoms with Crippen molar-refractivity contribution in [1.29, 1.82) is 5.41 Å². The zero-order chi connectivity index (χ0) is 12.1. The summed E-state index contributed by atoms with van der Waals surface area (Å²) in [5.74, 6) is -0.0794. The number of hydrogen-bond acceptors (Lipinski definition) is 6. The molecule has 1 aliphatic rings. The molecule has 7 heteroatoms. The minimum absolute atomic E-state index is 0.0185. The third-order valence-electron chi connectivity index (χ3n) is 1.65. The van der Waals surface area contributed by atoms with Crippen LogP contribution in [0.3, 0.4) is 0 Å². The number of nitrogens with one attached hydrogen (secondary N) is 1. The molecule has 0 spiro atoms. The number of amidine groups is 2. The van der Waals surface area contributed by atoms with Crippen molar-refractivity contribution in [2.24, 2.45) is 21.7 Å². The summed E-state index contributed by atoms with van der Waals surface area (Å²) in [6.07, 6.45) is 0. The molecule has 16 heavy (non-hydrogen) atoms. The zero-order valence-corrected chi connectivity index (χ0v) is 8.31. The molecule has 6 nitrogen and oxygen atoms in total. The normalized spacial score (nSPS) is 13.7. The summed E-state index contributed by atoms with van der Waals surface area (Å²) in [6, 6.07) is 5.70. The van der Waals surface area contributed by atoms with Crippen LogP contribution in [0.2, 0.25) is 0 Å². The van der Waals surface area contributed by atoms with Gasteiger partial charge in [0.1, 0.15) is 11.5 Å². The van der Waals surface area contributed by atoms with Crippen molar-refractivity contribution in [3.8, 4) is 0 Å². The molecule has 0 saturated heterocycles. The highest BCUT2D eigenvalue weighted by atomic mass is 19.1. The van der Waals surface area contributed by atoms with E-state index in [0.717, 1.165) is 0 Å². The zero-order valence-electron chi connectivity index (χ0n) is 8.31. The fraction of sp³-hybridized carbons (Fsp3) is 0. The van der Waals surface area contributed by atoms with Gasteiger partial charge >= 0.3 is 0 Å². The van der Waals surface area contributed by atoms with Gasteiger partial charge in [-0.05, 0) is 24.3 Å². The van der Waals surface area contributed by atoms with E-state index in [1.54, 1.807) is 0 Å².